The largest absolute Gasteiger partial charge is 0.411 e. The lowest BCUT2D eigenvalue weighted by atomic mass is 10.1. The number of carbonyl (C=O) groups excluding carboxylic acids is 1. The van der Waals surface area contributed by atoms with Crippen molar-refractivity contribution < 1.29 is 14.0 Å². The Morgan fingerprint density at radius 3 is 2.63 bits per heavy atom. The molecule has 0 aliphatic heterocycles. The van der Waals surface area contributed by atoms with Gasteiger partial charge in [0, 0.05) is 16.1 Å². The highest BCUT2D eigenvalue weighted by atomic mass is 35.5. The van der Waals surface area contributed by atoms with Gasteiger partial charge in [-0.25, -0.2) is 4.79 Å². The van der Waals surface area contributed by atoms with E-state index in [1.54, 1.807) is 24.3 Å². The number of thioether (sulfide) groups is 1. The van der Waals surface area contributed by atoms with E-state index in [9.17, 15) is 4.79 Å². The molecule has 30 heavy (non-hydrogen) atoms. The number of nitrogens with zero attached hydrogens (tertiary/aromatic N) is 3. The molecule has 7 nitrogen and oxygen atoms in total. The van der Waals surface area contributed by atoms with E-state index in [4.69, 9.17) is 26.6 Å². The van der Waals surface area contributed by atoms with Crippen LogP contribution >= 0.6 is 23.4 Å². The van der Waals surface area contributed by atoms with E-state index in [-0.39, 0.29) is 16.8 Å². The highest BCUT2D eigenvalue weighted by molar-refractivity contribution is 7.99. The maximum Gasteiger partial charge on any atom is 0.345 e. The number of hydrogen-bond donors (Lipinski definition) is 1. The van der Waals surface area contributed by atoms with Crippen molar-refractivity contribution >= 4 is 45.9 Å². The fourth-order valence-corrected chi connectivity index (χ4v) is 3.28. The number of rotatable bonds is 6. The lowest BCUT2D eigenvalue weighted by molar-refractivity contribution is -0.140. The molecule has 0 saturated heterocycles. The Bertz CT molecular complexity index is 1220. The Hall–Kier alpha value is -3.36. The van der Waals surface area contributed by atoms with Gasteiger partial charge in [0.05, 0.1) is 0 Å². The van der Waals surface area contributed by atoms with Gasteiger partial charge in [-0.15, -0.1) is 10.2 Å². The summed E-state index contributed by atoms with van der Waals surface area (Å²) in [6, 6.07) is 20.5. The van der Waals surface area contributed by atoms with Gasteiger partial charge in [-0.1, -0.05) is 64.9 Å². The fourth-order valence-electron chi connectivity index (χ4n) is 2.63. The third-order valence-electron chi connectivity index (χ3n) is 4.10. The minimum Gasteiger partial charge on any atom is -0.411 e. The maximum absolute atomic E-state index is 12.0. The molecule has 0 saturated carbocycles. The van der Waals surface area contributed by atoms with Crippen molar-refractivity contribution in [1.82, 2.24) is 10.2 Å². The minimum atomic E-state index is -0.588. The molecule has 0 aliphatic carbocycles. The molecule has 4 rings (SSSR count). The second kappa shape index (κ2) is 8.98. The van der Waals surface area contributed by atoms with Crippen LogP contribution in [0.1, 0.15) is 5.56 Å². The first-order valence-electron chi connectivity index (χ1n) is 8.83. The van der Waals surface area contributed by atoms with E-state index < -0.39 is 5.97 Å². The van der Waals surface area contributed by atoms with E-state index >= 15 is 0 Å². The fraction of sp³-hybridized carbons (Fsp3) is 0.0476. The predicted octanol–water partition coefficient (Wildman–Crippen LogP) is 4.50. The van der Waals surface area contributed by atoms with Gasteiger partial charge in [0.25, 0.3) is 5.22 Å². The monoisotopic (exact) mass is 438 g/mol. The van der Waals surface area contributed by atoms with Crippen molar-refractivity contribution in [2.75, 3.05) is 5.75 Å². The standard InChI is InChI=1S/C21H15ClN4O3S/c22-17-9-7-14(8-10-17)20-24-25-21(28-20)30-12-18(27)29-26-19(23)16-6-5-13-3-1-2-4-15(13)11-16/h1-11H,12H2,(H2,23,26). The summed E-state index contributed by atoms with van der Waals surface area (Å²) < 4.78 is 5.53. The van der Waals surface area contributed by atoms with Crippen molar-refractivity contribution in [1.29, 1.82) is 0 Å². The van der Waals surface area contributed by atoms with Crippen molar-refractivity contribution in [3.63, 3.8) is 0 Å². The van der Waals surface area contributed by atoms with Gasteiger partial charge in [-0.2, -0.15) is 0 Å². The average Bonchev–Trinajstić information content (AvgIpc) is 3.25. The van der Waals surface area contributed by atoms with E-state index in [0.29, 0.717) is 16.5 Å². The number of amidine groups is 1. The van der Waals surface area contributed by atoms with E-state index in [1.165, 1.54) is 0 Å². The molecule has 0 radical (unpaired) electrons. The summed E-state index contributed by atoms with van der Waals surface area (Å²) in [4.78, 5) is 16.9. The molecule has 150 valence electrons. The average molecular weight is 439 g/mol. The second-order valence-electron chi connectivity index (χ2n) is 6.17. The molecule has 0 aliphatic rings. The van der Waals surface area contributed by atoms with Gasteiger partial charge in [0.1, 0.15) is 5.75 Å². The summed E-state index contributed by atoms with van der Waals surface area (Å²) in [7, 11) is 0. The number of benzene rings is 3. The summed E-state index contributed by atoms with van der Waals surface area (Å²) in [6.07, 6.45) is 0. The topological polar surface area (TPSA) is 104 Å². The van der Waals surface area contributed by atoms with Crippen molar-refractivity contribution in [2.45, 2.75) is 5.22 Å². The maximum atomic E-state index is 12.0. The summed E-state index contributed by atoms with van der Waals surface area (Å²) in [5, 5.41) is 14.5. The molecule has 9 heteroatoms. The van der Waals surface area contributed by atoms with E-state index in [1.807, 2.05) is 42.5 Å². The van der Waals surface area contributed by atoms with Crippen LogP contribution in [-0.4, -0.2) is 27.8 Å². The quantitative estimate of drug-likeness (QED) is 0.155. The van der Waals surface area contributed by atoms with Gasteiger partial charge in [-0.3, -0.25) is 0 Å². The highest BCUT2D eigenvalue weighted by Crippen LogP contribution is 2.24. The summed E-state index contributed by atoms with van der Waals surface area (Å²) in [6.45, 7) is 0. The first-order valence-corrected chi connectivity index (χ1v) is 10.2. The molecule has 0 amide bonds. The first-order chi connectivity index (χ1) is 14.6. The molecule has 1 aromatic heterocycles. The number of aromatic nitrogens is 2. The predicted molar refractivity (Wildman–Crippen MR) is 116 cm³/mol. The Morgan fingerprint density at radius 2 is 1.83 bits per heavy atom. The third kappa shape index (κ3) is 4.79. The number of fused-ring (bicyclic) bond motifs is 1. The second-order valence-corrected chi connectivity index (χ2v) is 7.53. The zero-order valence-electron chi connectivity index (χ0n) is 15.5. The third-order valence-corrected chi connectivity index (χ3v) is 5.15. The molecule has 0 fully saturated rings. The number of hydrogen-bond acceptors (Lipinski definition) is 7. The highest BCUT2D eigenvalue weighted by Gasteiger charge is 2.12. The van der Waals surface area contributed by atoms with Crippen LogP contribution in [0.4, 0.5) is 0 Å². The zero-order valence-corrected chi connectivity index (χ0v) is 17.1. The van der Waals surface area contributed by atoms with Crippen LogP contribution in [0, 0.1) is 0 Å². The van der Waals surface area contributed by atoms with Gasteiger partial charge in [0.2, 0.25) is 5.89 Å². The molecule has 0 unspecified atom stereocenters. The van der Waals surface area contributed by atoms with Crippen LogP contribution in [0.3, 0.4) is 0 Å². The Morgan fingerprint density at radius 1 is 1.07 bits per heavy atom. The van der Waals surface area contributed by atoms with Crippen molar-refractivity contribution in [3.8, 4) is 11.5 Å². The molecule has 1 heterocycles. The molecule has 0 atom stereocenters. The molecular formula is C21H15ClN4O3S. The van der Waals surface area contributed by atoms with Gasteiger partial charge >= 0.3 is 5.97 Å². The van der Waals surface area contributed by atoms with Crippen molar-refractivity contribution in [3.05, 3.63) is 77.3 Å². The normalized spacial score (nSPS) is 11.6. The molecular weight excluding hydrogens is 424 g/mol. The molecule has 0 spiro atoms. The summed E-state index contributed by atoms with van der Waals surface area (Å²) in [5.41, 5.74) is 7.33. The van der Waals surface area contributed by atoms with Gasteiger partial charge < -0.3 is 15.0 Å². The summed E-state index contributed by atoms with van der Waals surface area (Å²) >= 11 is 6.91. The Balaban J connectivity index is 1.33. The van der Waals surface area contributed by atoms with Crippen molar-refractivity contribution in [2.24, 2.45) is 10.9 Å². The van der Waals surface area contributed by atoms with Gasteiger partial charge in [0.15, 0.2) is 5.84 Å². The number of oxime groups is 1. The van der Waals surface area contributed by atoms with Gasteiger partial charge in [-0.05, 0) is 41.1 Å². The lowest BCUT2D eigenvalue weighted by Crippen LogP contribution is -2.15. The SMILES string of the molecule is N/C(=N\OC(=O)CSc1nnc(-c2ccc(Cl)cc2)o1)c1ccc2ccccc2c1. The number of halogens is 1. The number of carbonyl (C=O) groups is 1. The molecule has 2 N–H and O–H groups in total. The van der Waals surface area contributed by atoms with Crippen LogP contribution in [0.15, 0.2) is 81.5 Å². The van der Waals surface area contributed by atoms with Crippen LogP contribution in [-0.2, 0) is 9.63 Å². The smallest absolute Gasteiger partial charge is 0.345 e. The molecule has 3 aromatic carbocycles. The van der Waals surface area contributed by atoms with Crippen LogP contribution in [0.25, 0.3) is 22.2 Å². The molecule has 4 aromatic rings. The molecule has 0 bridgehead atoms. The first kappa shape index (κ1) is 19.9. The Labute approximate surface area is 180 Å². The van der Waals surface area contributed by atoms with E-state index in [0.717, 1.165) is 28.1 Å². The number of nitrogens with two attached hydrogens (primary N) is 1. The summed E-state index contributed by atoms with van der Waals surface area (Å²) in [5.74, 6) is -0.200. The van der Waals surface area contributed by atoms with E-state index in [2.05, 4.69) is 15.4 Å². The van der Waals surface area contributed by atoms with Crippen LogP contribution in [0.2, 0.25) is 5.02 Å². The lowest BCUT2D eigenvalue weighted by Gasteiger charge is -2.03. The minimum absolute atomic E-state index is 0.0588. The van der Waals surface area contributed by atoms with Crippen LogP contribution in [0.5, 0.6) is 0 Å². The zero-order chi connectivity index (χ0) is 20.9. The van der Waals surface area contributed by atoms with Crippen LogP contribution < -0.4 is 5.73 Å². The Kier molecular flexibility index (Phi) is 5.97.